The van der Waals surface area contributed by atoms with Crippen molar-refractivity contribution in [2.75, 3.05) is 13.6 Å². The zero-order valence-corrected chi connectivity index (χ0v) is 15.9. The van der Waals surface area contributed by atoms with Crippen molar-refractivity contribution >= 4 is 17.3 Å². The van der Waals surface area contributed by atoms with Crippen LogP contribution in [0, 0.1) is 11.3 Å². The monoisotopic (exact) mass is 350 g/mol. The molecule has 24 heavy (non-hydrogen) atoms. The van der Waals surface area contributed by atoms with Crippen molar-refractivity contribution in [3.05, 3.63) is 20.9 Å². The lowest BCUT2D eigenvalue weighted by atomic mass is 9.74. The molecule has 1 saturated carbocycles. The van der Waals surface area contributed by atoms with Crippen LogP contribution in [-0.2, 0) is 12.8 Å². The highest BCUT2D eigenvalue weighted by molar-refractivity contribution is 7.12. The number of hydrazine groups is 1. The zero-order valence-electron chi connectivity index (χ0n) is 15.1. The van der Waals surface area contributed by atoms with Gasteiger partial charge in [-0.3, -0.25) is 5.84 Å². The number of nitrogens with zero attached hydrogens (tertiary/aromatic N) is 1. The van der Waals surface area contributed by atoms with E-state index in [1.54, 1.807) is 16.3 Å². The second kappa shape index (κ2) is 6.77. The van der Waals surface area contributed by atoms with E-state index in [0.29, 0.717) is 17.4 Å². The minimum Gasteiger partial charge on any atom is -0.478 e. The predicted octanol–water partition coefficient (Wildman–Crippen LogP) is 4.04. The van der Waals surface area contributed by atoms with E-state index in [2.05, 4.69) is 13.8 Å². The van der Waals surface area contributed by atoms with Gasteiger partial charge in [-0.25, -0.2) is 9.80 Å². The van der Waals surface area contributed by atoms with Crippen molar-refractivity contribution in [1.29, 1.82) is 0 Å². The Morgan fingerprint density at radius 2 is 2.08 bits per heavy atom. The maximum absolute atomic E-state index is 12.1. The van der Waals surface area contributed by atoms with Gasteiger partial charge in [0.15, 0.2) is 0 Å². The first-order chi connectivity index (χ1) is 11.3. The first-order valence-electron chi connectivity index (χ1n) is 9.12. The summed E-state index contributed by atoms with van der Waals surface area (Å²) >= 11 is 1.79. The molecule has 1 aromatic rings. The average molecular weight is 351 g/mol. The summed E-state index contributed by atoms with van der Waals surface area (Å²) in [7, 11) is 1.91. The van der Waals surface area contributed by atoms with Crippen molar-refractivity contribution in [3.8, 4) is 0 Å². The molecule has 1 aromatic heterocycles. The Kier molecular flexibility index (Phi) is 5.05. The topological polar surface area (TPSA) is 66.6 Å². The van der Waals surface area contributed by atoms with E-state index in [1.807, 2.05) is 7.05 Å². The molecule has 0 unspecified atom stereocenters. The van der Waals surface area contributed by atoms with E-state index in [4.69, 9.17) is 5.84 Å². The molecule has 1 fully saturated rings. The summed E-state index contributed by atoms with van der Waals surface area (Å²) in [6.45, 7) is 5.36. The smallest absolute Gasteiger partial charge is 0.337 e. The molecule has 0 bridgehead atoms. The Labute approximate surface area is 149 Å². The number of rotatable bonds is 4. The zero-order chi connectivity index (χ0) is 17.5. The molecule has 5 heteroatoms. The van der Waals surface area contributed by atoms with Crippen LogP contribution in [-0.4, -0.2) is 29.7 Å². The minimum absolute atomic E-state index is 0.207. The van der Waals surface area contributed by atoms with Gasteiger partial charge in [-0.15, -0.1) is 11.3 Å². The molecule has 0 aliphatic heterocycles. The van der Waals surface area contributed by atoms with Crippen LogP contribution in [0.15, 0.2) is 0 Å². The number of aryl methyl sites for hydroxylation is 1. The number of fused-ring (bicyclic) bond motifs is 1. The van der Waals surface area contributed by atoms with Crippen molar-refractivity contribution in [2.45, 2.75) is 64.7 Å². The van der Waals surface area contributed by atoms with Crippen molar-refractivity contribution < 1.29 is 9.90 Å². The van der Waals surface area contributed by atoms with E-state index in [0.717, 1.165) is 49.1 Å². The Balaban J connectivity index is 2.00. The molecule has 134 valence electrons. The average Bonchev–Trinajstić information content (AvgIpc) is 2.84. The number of carbonyl (C=O) groups is 1. The fourth-order valence-electron chi connectivity index (χ4n) is 4.58. The predicted molar refractivity (Wildman–Crippen MR) is 98.6 cm³/mol. The molecule has 0 saturated heterocycles. The fourth-order valence-corrected chi connectivity index (χ4v) is 6.12. The second-order valence-corrected chi connectivity index (χ2v) is 9.62. The standard InChI is InChI=1S/C19H30N2O2S/c1-19(2)9-8-15-14(10-19)16(18(22)23)17(24-15)13-7-5-4-6-12(13)11-21(3)20/h12-13H,4-11,20H2,1-3H3,(H,22,23)/t12-,13-/m1/s1. The van der Waals surface area contributed by atoms with Crippen LogP contribution in [0.4, 0.5) is 0 Å². The molecule has 2 aliphatic carbocycles. The summed E-state index contributed by atoms with van der Waals surface area (Å²) < 4.78 is 0. The molecule has 0 spiro atoms. The van der Waals surface area contributed by atoms with Gasteiger partial charge in [0, 0.05) is 23.3 Å². The molecule has 1 heterocycles. The van der Waals surface area contributed by atoms with Crippen LogP contribution in [0.5, 0.6) is 0 Å². The first kappa shape index (κ1) is 17.9. The quantitative estimate of drug-likeness (QED) is 0.635. The molecule has 0 radical (unpaired) electrons. The third-order valence-electron chi connectivity index (χ3n) is 5.78. The minimum atomic E-state index is -0.731. The Hall–Kier alpha value is -0.910. The maximum atomic E-state index is 12.1. The number of nitrogens with two attached hydrogens (primary N) is 1. The Morgan fingerprint density at radius 1 is 1.38 bits per heavy atom. The van der Waals surface area contributed by atoms with Crippen molar-refractivity contribution in [2.24, 2.45) is 17.2 Å². The van der Waals surface area contributed by atoms with Gasteiger partial charge in [0.1, 0.15) is 0 Å². The second-order valence-electron chi connectivity index (χ2n) is 8.48. The van der Waals surface area contributed by atoms with E-state index in [-0.39, 0.29) is 5.41 Å². The Bertz CT molecular complexity index is 621. The van der Waals surface area contributed by atoms with Gasteiger partial charge in [0.2, 0.25) is 0 Å². The molecule has 0 amide bonds. The van der Waals surface area contributed by atoms with Crippen LogP contribution in [0.25, 0.3) is 0 Å². The summed E-state index contributed by atoms with van der Waals surface area (Å²) in [5.41, 5.74) is 1.97. The number of hydrogen-bond acceptors (Lipinski definition) is 4. The highest BCUT2D eigenvalue weighted by Gasteiger charge is 2.37. The highest BCUT2D eigenvalue weighted by Crippen LogP contribution is 2.48. The number of carboxylic acid groups (broad SMARTS) is 1. The van der Waals surface area contributed by atoms with Crippen molar-refractivity contribution in [3.63, 3.8) is 0 Å². The largest absolute Gasteiger partial charge is 0.478 e. The van der Waals surface area contributed by atoms with E-state index in [9.17, 15) is 9.90 Å². The lowest BCUT2D eigenvalue weighted by Crippen LogP contribution is -2.35. The van der Waals surface area contributed by atoms with Crippen molar-refractivity contribution in [1.82, 2.24) is 5.01 Å². The SMILES string of the molecule is CN(N)C[C@H]1CCCC[C@H]1c1sc2c(c1C(=O)O)CC(C)(C)CC2. The molecule has 0 aromatic carbocycles. The normalized spacial score (nSPS) is 26.4. The Morgan fingerprint density at radius 3 is 2.75 bits per heavy atom. The summed E-state index contributed by atoms with van der Waals surface area (Å²) in [6.07, 6.45) is 7.76. The maximum Gasteiger partial charge on any atom is 0.337 e. The molecule has 2 atom stereocenters. The van der Waals surface area contributed by atoms with Crippen LogP contribution >= 0.6 is 11.3 Å². The molecule has 3 N–H and O–H groups in total. The van der Waals surface area contributed by atoms with Gasteiger partial charge < -0.3 is 5.11 Å². The number of hydrogen-bond donors (Lipinski definition) is 2. The van der Waals surface area contributed by atoms with Crippen LogP contribution < -0.4 is 5.84 Å². The molecule has 3 rings (SSSR count). The van der Waals surface area contributed by atoms with E-state index >= 15 is 0 Å². The summed E-state index contributed by atoms with van der Waals surface area (Å²) in [4.78, 5) is 14.6. The summed E-state index contributed by atoms with van der Waals surface area (Å²) in [6, 6.07) is 0. The van der Waals surface area contributed by atoms with Gasteiger partial charge in [-0.1, -0.05) is 26.7 Å². The fraction of sp³-hybridized carbons (Fsp3) is 0.737. The van der Waals surface area contributed by atoms with Gasteiger partial charge >= 0.3 is 5.97 Å². The highest BCUT2D eigenvalue weighted by atomic mass is 32.1. The lowest BCUT2D eigenvalue weighted by Gasteiger charge is -2.33. The van der Waals surface area contributed by atoms with E-state index < -0.39 is 5.97 Å². The third-order valence-corrected chi connectivity index (χ3v) is 7.21. The summed E-state index contributed by atoms with van der Waals surface area (Å²) in [5.74, 6) is 6.01. The molecular weight excluding hydrogens is 320 g/mol. The van der Waals surface area contributed by atoms with Gasteiger partial charge in [-0.2, -0.15) is 0 Å². The first-order valence-corrected chi connectivity index (χ1v) is 9.94. The number of aromatic carboxylic acids is 1. The van der Waals surface area contributed by atoms with Gasteiger partial charge in [0.05, 0.1) is 5.56 Å². The summed E-state index contributed by atoms with van der Waals surface area (Å²) in [5, 5.41) is 11.7. The van der Waals surface area contributed by atoms with Crippen LogP contribution in [0.3, 0.4) is 0 Å². The lowest BCUT2D eigenvalue weighted by molar-refractivity contribution is 0.0692. The molecule has 4 nitrogen and oxygen atoms in total. The molecule has 2 aliphatic rings. The third kappa shape index (κ3) is 3.53. The van der Waals surface area contributed by atoms with Gasteiger partial charge in [-0.05, 0) is 54.9 Å². The number of carboxylic acids is 1. The van der Waals surface area contributed by atoms with Crippen LogP contribution in [0.1, 0.15) is 77.5 Å². The molecular formula is C19H30N2O2S. The van der Waals surface area contributed by atoms with Crippen LogP contribution in [0.2, 0.25) is 0 Å². The number of thiophene rings is 1. The van der Waals surface area contributed by atoms with E-state index in [1.165, 1.54) is 17.7 Å². The van der Waals surface area contributed by atoms with Gasteiger partial charge in [0.25, 0.3) is 0 Å².